The minimum absolute atomic E-state index is 0.0658. The van der Waals surface area contributed by atoms with E-state index in [4.69, 9.17) is 5.73 Å². The highest BCUT2D eigenvalue weighted by Crippen LogP contribution is 2.17. The van der Waals surface area contributed by atoms with Crippen LogP contribution < -0.4 is 5.73 Å². The Morgan fingerprint density at radius 1 is 1.50 bits per heavy atom. The number of amides is 1. The number of hydrogen-bond acceptors (Lipinski definition) is 3. The maximum Gasteiger partial charge on any atom is 0.257 e. The van der Waals surface area contributed by atoms with Crippen LogP contribution in [-0.4, -0.2) is 39.7 Å². The highest BCUT2D eigenvalue weighted by atomic mass is 16.2. The monoisotopic (exact) mass is 222 g/mol. The molecule has 1 aliphatic rings. The van der Waals surface area contributed by atoms with E-state index < -0.39 is 0 Å². The van der Waals surface area contributed by atoms with Crippen molar-refractivity contribution >= 4 is 5.91 Å². The summed E-state index contributed by atoms with van der Waals surface area (Å²) in [6.07, 6.45) is 0.893. The van der Waals surface area contributed by atoms with Crippen LogP contribution in [0.5, 0.6) is 0 Å². The van der Waals surface area contributed by atoms with Crippen molar-refractivity contribution < 1.29 is 4.79 Å². The molecular weight excluding hydrogens is 204 g/mol. The van der Waals surface area contributed by atoms with Gasteiger partial charge in [-0.05, 0) is 20.3 Å². The average Bonchev–Trinajstić information content (AvgIpc) is 2.73. The zero-order valence-corrected chi connectivity index (χ0v) is 10.0. The van der Waals surface area contributed by atoms with E-state index >= 15 is 0 Å². The molecule has 1 saturated heterocycles. The van der Waals surface area contributed by atoms with Gasteiger partial charge < -0.3 is 10.6 Å². The van der Waals surface area contributed by atoms with Crippen molar-refractivity contribution in [2.24, 2.45) is 12.8 Å². The van der Waals surface area contributed by atoms with Gasteiger partial charge in [0.1, 0.15) is 0 Å². The van der Waals surface area contributed by atoms with Gasteiger partial charge in [-0.15, -0.1) is 0 Å². The molecule has 88 valence electrons. The largest absolute Gasteiger partial charge is 0.337 e. The Labute approximate surface area is 95.2 Å². The van der Waals surface area contributed by atoms with Crippen LogP contribution in [0.4, 0.5) is 0 Å². The molecule has 1 aromatic heterocycles. The third-order valence-electron chi connectivity index (χ3n) is 3.23. The first kappa shape index (κ1) is 11.1. The molecule has 1 aromatic rings. The summed E-state index contributed by atoms with van der Waals surface area (Å²) in [4.78, 5) is 14.1. The fourth-order valence-electron chi connectivity index (χ4n) is 2.21. The van der Waals surface area contributed by atoms with Crippen molar-refractivity contribution in [2.75, 3.05) is 13.1 Å². The second-order valence-electron chi connectivity index (χ2n) is 4.47. The van der Waals surface area contributed by atoms with E-state index in [1.807, 2.05) is 25.8 Å². The fourth-order valence-corrected chi connectivity index (χ4v) is 2.21. The Kier molecular flexibility index (Phi) is 2.71. The number of aromatic nitrogens is 2. The second-order valence-corrected chi connectivity index (χ2v) is 4.47. The van der Waals surface area contributed by atoms with Crippen molar-refractivity contribution in [3.8, 4) is 0 Å². The van der Waals surface area contributed by atoms with E-state index in [1.54, 1.807) is 4.68 Å². The minimum Gasteiger partial charge on any atom is -0.337 e. The summed E-state index contributed by atoms with van der Waals surface area (Å²) in [7, 11) is 1.86. The molecule has 0 saturated carbocycles. The van der Waals surface area contributed by atoms with E-state index in [2.05, 4.69) is 5.10 Å². The molecule has 2 N–H and O–H groups in total. The fraction of sp³-hybridized carbons (Fsp3) is 0.636. The molecule has 1 aliphatic heterocycles. The van der Waals surface area contributed by atoms with E-state index in [9.17, 15) is 4.79 Å². The first-order valence-electron chi connectivity index (χ1n) is 5.55. The van der Waals surface area contributed by atoms with Crippen LogP contribution in [0.1, 0.15) is 28.2 Å². The van der Waals surface area contributed by atoms with E-state index in [1.165, 1.54) is 0 Å². The summed E-state index contributed by atoms with van der Waals surface area (Å²) in [6.45, 7) is 5.21. The predicted octanol–water partition coefficient (Wildman–Crippen LogP) is 0.210. The molecule has 0 aromatic carbocycles. The van der Waals surface area contributed by atoms with Gasteiger partial charge >= 0.3 is 0 Å². The van der Waals surface area contributed by atoms with Crippen molar-refractivity contribution in [1.29, 1.82) is 0 Å². The molecular formula is C11H18N4O. The maximum absolute atomic E-state index is 12.3. The van der Waals surface area contributed by atoms with Crippen molar-refractivity contribution in [2.45, 2.75) is 26.3 Å². The molecule has 0 bridgehead atoms. The topological polar surface area (TPSA) is 64.2 Å². The predicted molar refractivity (Wildman–Crippen MR) is 61.2 cm³/mol. The third kappa shape index (κ3) is 1.71. The Morgan fingerprint density at radius 3 is 2.62 bits per heavy atom. The van der Waals surface area contributed by atoms with Gasteiger partial charge in [0.05, 0.1) is 11.3 Å². The third-order valence-corrected chi connectivity index (χ3v) is 3.23. The van der Waals surface area contributed by atoms with Crippen LogP contribution in [0.15, 0.2) is 0 Å². The first-order valence-corrected chi connectivity index (χ1v) is 5.55. The standard InChI is InChI=1S/C11H18N4O/c1-7-10(8(2)14(3)13-7)11(16)15-5-4-9(12)6-15/h9H,4-6,12H2,1-3H3. The van der Waals surface area contributed by atoms with Gasteiger partial charge in [0, 0.05) is 31.9 Å². The molecule has 1 atom stereocenters. The van der Waals surface area contributed by atoms with Gasteiger partial charge in [-0.25, -0.2) is 0 Å². The van der Waals surface area contributed by atoms with Gasteiger partial charge in [-0.2, -0.15) is 5.10 Å². The number of aryl methyl sites for hydroxylation is 2. The number of nitrogens with zero attached hydrogens (tertiary/aromatic N) is 3. The van der Waals surface area contributed by atoms with Gasteiger partial charge in [-0.3, -0.25) is 9.48 Å². The average molecular weight is 222 g/mol. The molecule has 16 heavy (non-hydrogen) atoms. The van der Waals surface area contributed by atoms with Crippen LogP contribution in [0.2, 0.25) is 0 Å². The van der Waals surface area contributed by atoms with Crippen LogP contribution in [-0.2, 0) is 7.05 Å². The van der Waals surface area contributed by atoms with Gasteiger partial charge in [0.15, 0.2) is 0 Å². The zero-order valence-electron chi connectivity index (χ0n) is 10.0. The normalized spacial score (nSPS) is 20.5. The Morgan fingerprint density at radius 2 is 2.19 bits per heavy atom. The van der Waals surface area contributed by atoms with Crippen LogP contribution >= 0.6 is 0 Å². The minimum atomic E-state index is 0.0658. The highest BCUT2D eigenvalue weighted by molar-refractivity contribution is 5.96. The van der Waals surface area contributed by atoms with E-state index in [0.29, 0.717) is 6.54 Å². The number of rotatable bonds is 1. The SMILES string of the molecule is Cc1nn(C)c(C)c1C(=O)N1CCC(N)C1. The number of nitrogens with two attached hydrogens (primary N) is 1. The van der Waals surface area contributed by atoms with Crippen LogP contribution in [0.3, 0.4) is 0 Å². The summed E-state index contributed by atoms with van der Waals surface area (Å²) < 4.78 is 1.75. The maximum atomic E-state index is 12.3. The highest BCUT2D eigenvalue weighted by Gasteiger charge is 2.28. The number of hydrogen-bond donors (Lipinski definition) is 1. The summed E-state index contributed by atoms with van der Waals surface area (Å²) in [5, 5.41) is 4.26. The second kappa shape index (κ2) is 3.90. The van der Waals surface area contributed by atoms with E-state index in [-0.39, 0.29) is 11.9 Å². The van der Waals surface area contributed by atoms with Crippen molar-refractivity contribution in [1.82, 2.24) is 14.7 Å². The van der Waals surface area contributed by atoms with Gasteiger partial charge in [0.25, 0.3) is 5.91 Å². The molecule has 1 fully saturated rings. The number of likely N-dealkylation sites (tertiary alicyclic amines) is 1. The Hall–Kier alpha value is -1.36. The van der Waals surface area contributed by atoms with Crippen molar-refractivity contribution in [3.63, 3.8) is 0 Å². The molecule has 2 rings (SSSR count). The van der Waals surface area contributed by atoms with Gasteiger partial charge in [0.2, 0.25) is 0 Å². The van der Waals surface area contributed by atoms with Gasteiger partial charge in [-0.1, -0.05) is 0 Å². The Balaban J connectivity index is 2.27. The lowest BCUT2D eigenvalue weighted by atomic mass is 10.1. The van der Waals surface area contributed by atoms with Crippen LogP contribution in [0.25, 0.3) is 0 Å². The lowest BCUT2D eigenvalue weighted by Gasteiger charge is -2.15. The molecule has 1 unspecified atom stereocenters. The van der Waals surface area contributed by atoms with Crippen LogP contribution in [0, 0.1) is 13.8 Å². The molecule has 0 spiro atoms. The lowest BCUT2D eigenvalue weighted by molar-refractivity contribution is 0.0789. The molecule has 1 amide bonds. The summed E-state index contributed by atoms with van der Waals surface area (Å²) >= 11 is 0. The summed E-state index contributed by atoms with van der Waals surface area (Å²) in [5.41, 5.74) is 8.26. The van der Waals surface area contributed by atoms with Crippen molar-refractivity contribution in [3.05, 3.63) is 17.0 Å². The van der Waals surface area contributed by atoms with E-state index in [0.717, 1.165) is 29.9 Å². The molecule has 0 radical (unpaired) electrons. The summed E-state index contributed by atoms with van der Waals surface area (Å²) in [5.74, 6) is 0.0658. The smallest absolute Gasteiger partial charge is 0.257 e. The Bertz CT molecular complexity index is 424. The first-order chi connectivity index (χ1) is 7.50. The summed E-state index contributed by atoms with van der Waals surface area (Å²) in [6, 6.07) is 0.126. The zero-order chi connectivity index (χ0) is 11.9. The number of carbonyl (C=O) groups excluding carboxylic acids is 1. The number of carbonyl (C=O) groups is 1. The molecule has 5 heteroatoms. The molecule has 5 nitrogen and oxygen atoms in total. The quantitative estimate of drug-likeness (QED) is 0.738. The molecule has 2 heterocycles. The lowest BCUT2D eigenvalue weighted by Crippen LogP contribution is -2.32. The molecule has 0 aliphatic carbocycles.